The molecule has 3 heteroatoms. The van der Waals surface area contributed by atoms with E-state index < -0.39 is 11.4 Å². The highest BCUT2D eigenvalue weighted by atomic mass is 16.4. The Kier molecular flexibility index (Phi) is 3.82. The zero-order chi connectivity index (χ0) is 12.2. The first kappa shape index (κ1) is 12.4. The third kappa shape index (κ3) is 2.30. The SMILES string of the molecule is CCC(CC(C)=O)(C(=O)O)c1ccccc1. The van der Waals surface area contributed by atoms with Gasteiger partial charge in [0.25, 0.3) is 0 Å². The Hall–Kier alpha value is -1.64. The molecule has 1 aromatic carbocycles. The first-order valence-electron chi connectivity index (χ1n) is 5.31. The highest BCUT2D eigenvalue weighted by Crippen LogP contribution is 2.32. The van der Waals surface area contributed by atoms with E-state index in [-0.39, 0.29) is 12.2 Å². The quantitative estimate of drug-likeness (QED) is 0.829. The van der Waals surface area contributed by atoms with Crippen molar-refractivity contribution in [2.75, 3.05) is 0 Å². The molecule has 0 aromatic heterocycles. The molecule has 16 heavy (non-hydrogen) atoms. The summed E-state index contributed by atoms with van der Waals surface area (Å²) in [5.74, 6) is -1.04. The van der Waals surface area contributed by atoms with E-state index >= 15 is 0 Å². The number of Topliss-reactive ketones (excluding diaryl/α,β-unsaturated/α-hetero) is 1. The molecule has 1 N–H and O–H groups in total. The standard InChI is InChI=1S/C13H16O3/c1-3-13(12(15)16,9-10(2)14)11-7-5-4-6-8-11/h4-8H,3,9H2,1-2H3,(H,15,16). The van der Waals surface area contributed by atoms with Gasteiger partial charge in [-0.05, 0) is 18.9 Å². The van der Waals surface area contributed by atoms with Gasteiger partial charge in [0.15, 0.2) is 0 Å². The topological polar surface area (TPSA) is 54.4 Å². The number of hydrogen-bond acceptors (Lipinski definition) is 2. The summed E-state index contributed by atoms with van der Waals surface area (Å²) in [7, 11) is 0. The fourth-order valence-corrected chi connectivity index (χ4v) is 1.96. The molecule has 0 aliphatic rings. The summed E-state index contributed by atoms with van der Waals surface area (Å²) in [5, 5.41) is 9.37. The summed E-state index contributed by atoms with van der Waals surface area (Å²) in [6.07, 6.45) is 0.453. The summed E-state index contributed by atoms with van der Waals surface area (Å²) in [5.41, 5.74) is -0.382. The van der Waals surface area contributed by atoms with Crippen LogP contribution in [0.5, 0.6) is 0 Å². The molecule has 0 amide bonds. The van der Waals surface area contributed by atoms with Gasteiger partial charge in [0.1, 0.15) is 5.78 Å². The third-order valence-corrected chi connectivity index (χ3v) is 2.89. The van der Waals surface area contributed by atoms with Crippen LogP contribution < -0.4 is 0 Å². The average Bonchev–Trinajstić information content (AvgIpc) is 2.26. The van der Waals surface area contributed by atoms with E-state index in [9.17, 15) is 14.7 Å². The minimum absolute atomic E-state index is 0.0445. The van der Waals surface area contributed by atoms with Crippen molar-refractivity contribution in [3.8, 4) is 0 Å². The first-order valence-corrected chi connectivity index (χ1v) is 5.31. The molecule has 1 unspecified atom stereocenters. The monoisotopic (exact) mass is 220 g/mol. The van der Waals surface area contributed by atoms with Crippen molar-refractivity contribution in [3.63, 3.8) is 0 Å². The van der Waals surface area contributed by atoms with E-state index in [1.807, 2.05) is 6.07 Å². The molecule has 0 saturated heterocycles. The van der Waals surface area contributed by atoms with Gasteiger partial charge in [0.05, 0.1) is 5.41 Å². The van der Waals surface area contributed by atoms with Gasteiger partial charge in [-0.1, -0.05) is 37.3 Å². The van der Waals surface area contributed by atoms with Gasteiger partial charge in [0, 0.05) is 6.42 Å². The zero-order valence-corrected chi connectivity index (χ0v) is 9.56. The van der Waals surface area contributed by atoms with Crippen molar-refractivity contribution >= 4 is 11.8 Å². The Labute approximate surface area is 95.1 Å². The molecule has 0 fully saturated rings. The molecule has 0 bridgehead atoms. The van der Waals surface area contributed by atoms with E-state index in [1.54, 1.807) is 31.2 Å². The maximum atomic E-state index is 11.4. The molecular weight excluding hydrogens is 204 g/mol. The van der Waals surface area contributed by atoms with Crippen molar-refractivity contribution in [2.45, 2.75) is 32.1 Å². The van der Waals surface area contributed by atoms with Crippen molar-refractivity contribution in [1.82, 2.24) is 0 Å². The fraction of sp³-hybridized carbons (Fsp3) is 0.385. The number of hydrogen-bond donors (Lipinski definition) is 1. The lowest BCUT2D eigenvalue weighted by molar-refractivity contribution is -0.146. The number of ketones is 1. The van der Waals surface area contributed by atoms with E-state index in [2.05, 4.69) is 0 Å². The maximum absolute atomic E-state index is 11.4. The van der Waals surface area contributed by atoms with E-state index in [1.165, 1.54) is 6.92 Å². The summed E-state index contributed by atoms with van der Waals surface area (Å²) in [6.45, 7) is 3.22. The van der Waals surface area contributed by atoms with E-state index in [4.69, 9.17) is 0 Å². The number of carboxylic acids is 1. The molecule has 0 spiro atoms. The average molecular weight is 220 g/mol. The Morgan fingerprint density at radius 1 is 1.25 bits per heavy atom. The molecule has 0 aliphatic carbocycles. The van der Waals surface area contributed by atoms with Crippen LogP contribution in [0.25, 0.3) is 0 Å². The van der Waals surface area contributed by atoms with Gasteiger partial charge in [-0.15, -0.1) is 0 Å². The van der Waals surface area contributed by atoms with Crippen LogP contribution in [0.1, 0.15) is 32.3 Å². The number of benzene rings is 1. The zero-order valence-electron chi connectivity index (χ0n) is 9.56. The van der Waals surface area contributed by atoms with Crippen LogP contribution in [0.2, 0.25) is 0 Å². The second-order valence-electron chi connectivity index (χ2n) is 3.99. The maximum Gasteiger partial charge on any atom is 0.314 e. The van der Waals surface area contributed by atoms with Gasteiger partial charge < -0.3 is 5.11 Å². The molecular formula is C13H16O3. The molecule has 0 heterocycles. The molecule has 0 saturated carbocycles. The molecule has 86 valence electrons. The van der Waals surface area contributed by atoms with Crippen LogP contribution in [-0.2, 0) is 15.0 Å². The van der Waals surface area contributed by atoms with Crippen molar-refractivity contribution < 1.29 is 14.7 Å². The highest BCUT2D eigenvalue weighted by molar-refractivity contribution is 5.89. The van der Waals surface area contributed by atoms with Crippen LogP contribution >= 0.6 is 0 Å². The number of rotatable bonds is 5. The Morgan fingerprint density at radius 2 is 1.81 bits per heavy atom. The molecule has 1 atom stereocenters. The van der Waals surface area contributed by atoms with Gasteiger partial charge in [-0.25, -0.2) is 0 Å². The van der Waals surface area contributed by atoms with Crippen molar-refractivity contribution in [1.29, 1.82) is 0 Å². The lowest BCUT2D eigenvalue weighted by atomic mass is 9.74. The van der Waals surface area contributed by atoms with Crippen LogP contribution in [0.3, 0.4) is 0 Å². The van der Waals surface area contributed by atoms with Gasteiger partial charge in [0.2, 0.25) is 0 Å². The molecule has 1 rings (SSSR count). The number of aliphatic carboxylic acids is 1. The van der Waals surface area contributed by atoms with Crippen molar-refractivity contribution in [3.05, 3.63) is 35.9 Å². The summed E-state index contributed by atoms with van der Waals surface area (Å²) in [6, 6.07) is 8.95. The summed E-state index contributed by atoms with van der Waals surface area (Å²) in [4.78, 5) is 22.7. The molecule has 0 radical (unpaired) electrons. The predicted molar refractivity (Wildman–Crippen MR) is 61.3 cm³/mol. The lowest BCUT2D eigenvalue weighted by Gasteiger charge is -2.27. The Balaban J connectivity index is 3.23. The largest absolute Gasteiger partial charge is 0.481 e. The fourth-order valence-electron chi connectivity index (χ4n) is 1.96. The highest BCUT2D eigenvalue weighted by Gasteiger charge is 2.39. The normalized spacial score (nSPS) is 14.1. The van der Waals surface area contributed by atoms with Gasteiger partial charge >= 0.3 is 5.97 Å². The first-order chi connectivity index (χ1) is 7.53. The Morgan fingerprint density at radius 3 is 2.19 bits per heavy atom. The van der Waals surface area contributed by atoms with E-state index in [0.29, 0.717) is 12.0 Å². The third-order valence-electron chi connectivity index (χ3n) is 2.89. The van der Waals surface area contributed by atoms with E-state index in [0.717, 1.165) is 0 Å². The molecule has 3 nitrogen and oxygen atoms in total. The number of carbonyl (C=O) groups is 2. The Bertz CT molecular complexity index is 383. The summed E-state index contributed by atoms with van der Waals surface area (Å²) < 4.78 is 0. The minimum Gasteiger partial charge on any atom is -0.481 e. The van der Waals surface area contributed by atoms with Crippen LogP contribution in [0.4, 0.5) is 0 Å². The number of carboxylic acid groups (broad SMARTS) is 1. The van der Waals surface area contributed by atoms with Crippen LogP contribution in [0.15, 0.2) is 30.3 Å². The van der Waals surface area contributed by atoms with Gasteiger partial charge in [-0.2, -0.15) is 0 Å². The minimum atomic E-state index is -1.08. The number of carbonyl (C=O) groups excluding carboxylic acids is 1. The predicted octanol–water partition coefficient (Wildman–Crippen LogP) is 2.40. The van der Waals surface area contributed by atoms with Crippen LogP contribution in [0, 0.1) is 0 Å². The molecule has 1 aromatic rings. The van der Waals surface area contributed by atoms with Crippen molar-refractivity contribution in [2.24, 2.45) is 0 Å². The second kappa shape index (κ2) is 4.92. The smallest absolute Gasteiger partial charge is 0.314 e. The molecule has 0 aliphatic heterocycles. The van der Waals surface area contributed by atoms with Crippen LogP contribution in [-0.4, -0.2) is 16.9 Å². The second-order valence-corrected chi connectivity index (χ2v) is 3.99. The lowest BCUT2D eigenvalue weighted by Crippen LogP contribution is -2.37. The summed E-state index contributed by atoms with van der Waals surface area (Å²) >= 11 is 0. The van der Waals surface area contributed by atoms with Gasteiger partial charge in [-0.3, -0.25) is 9.59 Å².